The summed E-state index contributed by atoms with van der Waals surface area (Å²) in [4.78, 5) is 21.3. The summed E-state index contributed by atoms with van der Waals surface area (Å²) < 4.78 is 18.1. The maximum atomic E-state index is 12.4. The lowest BCUT2D eigenvalue weighted by atomic mass is 10.0. The van der Waals surface area contributed by atoms with E-state index in [1.165, 1.54) is 10.6 Å². The lowest BCUT2D eigenvalue weighted by Crippen LogP contribution is -2.33. The van der Waals surface area contributed by atoms with Gasteiger partial charge in [-0.3, -0.25) is 14.3 Å². The summed E-state index contributed by atoms with van der Waals surface area (Å²) in [5.74, 6) is 0.825. The Morgan fingerprint density at radius 2 is 1.86 bits per heavy atom. The molecule has 3 aromatic rings. The third-order valence-corrected chi connectivity index (χ3v) is 4.80. The van der Waals surface area contributed by atoms with Crippen LogP contribution in [0.2, 0.25) is 0 Å². The number of aryl methyl sites for hydroxylation is 1. The summed E-state index contributed by atoms with van der Waals surface area (Å²) in [5.41, 5.74) is 3.71. The predicted molar refractivity (Wildman–Crippen MR) is 109 cm³/mol. The molecule has 29 heavy (non-hydrogen) atoms. The first kappa shape index (κ1) is 19.3. The Balaban J connectivity index is 1.56. The van der Waals surface area contributed by atoms with Crippen LogP contribution in [-0.2, 0) is 16.5 Å². The topological polar surface area (TPSA) is 75.5 Å². The van der Waals surface area contributed by atoms with Crippen LogP contribution in [0.1, 0.15) is 5.69 Å². The molecule has 4 rings (SSSR count). The van der Waals surface area contributed by atoms with E-state index < -0.39 is 0 Å². The van der Waals surface area contributed by atoms with Crippen molar-refractivity contribution in [3.63, 3.8) is 0 Å². The molecular formula is C22H23N3O4. The van der Waals surface area contributed by atoms with E-state index >= 15 is 0 Å². The van der Waals surface area contributed by atoms with Gasteiger partial charge in [0.05, 0.1) is 25.9 Å². The fourth-order valence-electron chi connectivity index (χ4n) is 3.11. The van der Waals surface area contributed by atoms with Gasteiger partial charge in [-0.05, 0) is 18.6 Å². The molecule has 1 atom stereocenters. The van der Waals surface area contributed by atoms with Crippen molar-refractivity contribution in [2.45, 2.75) is 13.0 Å². The molecule has 7 heteroatoms. The van der Waals surface area contributed by atoms with E-state index in [0.717, 1.165) is 22.4 Å². The Hall–Kier alpha value is -3.03. The van der Waals surface area contributed by atoms with Crippen LogP contribution in [0.15, 0.2) is 53.5 Å². The summed E-state index contributed by atoms with van der Waals surface area (Å²) in [6.07, 6.45) is 1.70. The quantitative estimate of drug-likeness (QED) is 0.663. The Morgan fingerprint density at radius 3 is 2.55 bits per heavy atom. The molecule has 0 bridgehead atoms. The SMILES string of the molecule is Cc1ccc(-c2ccc(-c3nc(OCC4COCCO4)cc(=O)n3C)cc2)cn1. The fourth-order valence-corrected chi connectivity index (χ4v) is 3.11. The van der Waals surface area contributed by atoms with Gasteiger partial charge in [-0.15, -0.1) is 0 Å². The monoisotopic (exact) mass is 393 g/mol. The lowest BCUT2D eigenvalue weighted by molar-refractivity contribution is -0.102. The van der Waals surface area contributed by atoms with Crippen molar-refractivity contribution in [3.05, 3.63) is 64.7 Å². The predicted octanol–water partition coefficient (Wildman–Crippen LogP) is 2.61. The van der Waals surface area contributed by atoms with Crippen LogP contribution in [0, 0.1) is 6.92 Å². The van der Waals surface area contributed by atoms with Crippen molar-refractivity contribution in [2.75, 3.05) is 26.4 Å². The summed E-state index contributed by atoms with van der Waals surface area (Å²) in [7, 11) is 1.70. The minimum atomic E-state index is -0.183. The normalized spacial score (nSPS) is 16.6. The van der Waals surface area contributed by atoms with Gasteiger partial charge in [0.15, 0.2) is 0 Å². The van der Waals surface area contributed by atoms with Gasteiger partial charge in [0.25, 0.3) is 5.56 Å². The van der Waals surface area contributed by atoms with E-state index in [0.29, 0.717) is 32.3 Å². The average molecular weight is 393 g/mol. The zero-order valence-corrected chi connectivity index (χ0v) is 16.5. The van der Waals surface area contributed by atoms with Crippen molar-refractivity contribution in [1.29, 1.82) is 0 Å². The van der Waals surface area contributed by atoms with E-state index in [9.17, 15) is 4.79 Å². The minimum absolute atomic E-state index is 0.152. The third-order valence-electron chi connectivity index (χ3n) is 4.80. The molecule has 0 N–H and O–H groups in total. The number of nitrogens with zero attached hydrogens (tertiary/aromatic N) is 3. The number of hydrogen-bond donors (Lipinski definition) is 0. The molecule has 7 nitrogen and oxygen atoms in total. The molecule has 0 spiro atoms. The molecule has 1 aliphatic rings. The second-order valence-electron chi connectivity index (χ2n) is 6.96. The van der Waals surface area contributed by atoms with Gasteiger partial charge in [-0.1, -0.05) is 30.3 Å². The zero-order chi connectivity index (χ0) is 20.2. The second-order valence-corrected chi connectivity index (χ2v) is 6.96. The van der Waals surface area contributed by atoms with E-state index in [4.69, 9.17) is 14.2 Å². The van der Waals surface area contributed by atoms with Crippen LogP contribution in [0.4, 0.5) is 0 Å². The summed E-state index contributed by atoms with van der Waals surface area (Å²) in [5, 5.41) is 0. The van der Waals surface area contributed by atoms with Crippen LogP contribution in [0.5, 0.6) is 5.88 Å². The van der Waals surface area contributed by atoms with E-state index in [-0.39, 0.29) is 17.5 Å². The zero-order valence-electron chi connectivity index (χ0n) is 16.5. The standard InChI is InChI=1S/C22H23N3O4/c1-15-3-4-18(12-23-15)16-5-7-17(8-6-16)22-24-20(11-21(26)25(22)2)29-14-19-13-27-9-10-28-19/h3-8,11-12,19H,9-10,13-14H2,1-2H3. The van der Waals surface area contributed by atoms with Crippen LogP contribution in [0.25, 0.3) is 22.5 Å². The number of pyridine rings is 1. The van der Waals surface area contributed by atoms with Gasteiger partial charge < -0.3 is 14.2 Å². The first-order valence-electron chi connectivity index (χ1n) is 9.54. The van der Waals surface area contributed by atoms with Crippen molar-refractivity contribution in [2.24, 2.45) is 7.05 Å². The highest BCUT2D eigenvalue weighted by molar-refractivity contribution is 5.67. The number of ether oxygens (including phenoxy) is 3. The molecule has 1 aliphatic heterocycles. The van der Waals surface area contributed by atoms with Crippen molar-refractivity contribution in [1.82, 2.24) is 14.5 Å². The summed E-state index contributed by atoms with van der Waals surface area (Å²) in [6, 6.07) is 13.3. The van der Waals surface area contributed by atoms with Crippen molar-refractivity contribution < 1.29 is 14.2 Å². The molecule has 2 aromatic heterocycles. The molecule has 0 saturated carbocycles. The first-order valence-corrected chi connectivity index (χ1v) is 9.54. The highest BCUT2D eigenvalue weighted by Gasteiger charge is 2.16. The third kappa shape index (κ3) is 4.52. The lowest BCUT2D eigenvalue weighted by Gasteiger charge is -2.22. The van der Waals surface area contributed by atoms with Crippen LogP contribution in [-0.4, -0.2) is 47.1 Å². The van der Waals surface area contributed by atoms with Crippen LogP contribution < -0.4 is 10.3 Å². The molecule has 1 unspecified atom stereocenters. The smallest absolute Gasteiger partial charge is 0.257 e. The van der Waals surface area contributed by atoms with E-state index in [2.05, 4.69) is 9.97 Å². The Kier molecular flexibility index (Phi) is 5.69. The van der Waals surface area contributed by atoms with Crippen molar-refractivity contribution >= 4 is 0 Å². The number of hydrogen-bond acceptors (Lipinski definition) is 6. The van der Waals surface area contributed by atoms with Gasteiger partial charge >= 0.3 is 0 Å². The molecule has 0 amide bonds. The van der Waals surface area contributed by atoms with E-state index in [1.54, 1.807) is 7.05 Å². The molecule has 150 valence electrons. The van der Waals surface area contributed by atoms with Crippen LogP contribution >= 0.6 is 0 Å². The van der Waals surface area contributed by atoms with E-state index in [1.807, 2.05) is 49.5 Å². The Labute approximate surface area is 168 Å². The maximum absolute atomic E-state index is 12.4. The number of rotatable bonds is 5. The molecule has 1 aromatic carbocycles. The highest BCUT2D eigenvalue weighted by atomic mass is 16.6. The highest BCUT2D eigenvalue weighted by Crippen LogP contribution is 2.24. The first-order chi connectivity index (χ1) is 14.1. The fraction of sp³-hybridized carbons (Fsp3) is 0.318. The van der Waals surface area contributed by atoms with Gasteiger partial charge in [0.1, 0.15) is 18.5 Å². The molecule has 3 heterocycles. The molecular weight excluding hydrogens is 370 g/mol. The Bertz CT molecular complexity index is 1020. The van der Waals surface area contributed by atoms with Gasteiger partial charge in [0.2, 0.25) is 5.88 Å². The van der Waals surface area contributed by atoms with Crippen molar-refractivity contribution in [3.8, 4) is 28.4 Å². The van der Waals surface area contributed by atoms with Gasteiger partial charge in [-0.2, -0.15) is 4.98 Å². The molecule has 1 fully saturated rings. The summed E-state index contributed by atoms with van der Waals surface area (Å²) >= 11 is 0. The largest absolute Gasteiger partial charge is 0.475 e. The summed E-state index contributed by atoms with van der Waals surface area (Å²) in [6.45, 7) is 3.87. The maximum Gasteiger partial charge on any atom is 0.257 e. The molecule has 0 radical (unpaired) electrons. The number of benzene rings is 1. The second kappa shape index (κ2) is 8.55. The Morgan fingerprint density at radius 1 is 1.10 bits per heavy atom. The number of aromatic nitrogens is 3. The molecule has 0 aliphatic carbocycles. The average Bonchev–Trinajstić information content (AvgIpc) is 2.76. The minimum Gasteiger partial charge on any atom is -0.475 e. The van der Waals surface area contributed by atoms with Crippen LogP contribution in [0.3, 0.4) is 0 Å². The molecule has 1 saturated heterocycles. The van der Waals surface area contributed by atoms with Gasteiger partial charge in [0, 0.05) is 30.1 Å². The van der Waals surface area contributed by atoms with Gasteiger partial charge in [-0.25, -0.2) is 0 Å².